The molecule has 0 saturated heterocycles. The van der Waals surface area contributed by atoms with Gasteiger partial charge in [-0.2, -0.15) is 4.98 Å². The molecule has 1 N–H and O–H groups in total. The third-order valence-electron chi connectivity index (χ3n) is 2.32. The van der Waals surface area contributed by atoms with Crippen LogP contribution < -0.4 is 5.48 Å². The van der Waals surface area contributed by atoms with Crippen LogP contribution in [0.4, 0.5) is 0 Å². The Labute approximate surface area is 109 Å². The van der Waals surface area contributed by atoms with Crippen molar-refractivity contribution >= 4 is 5.91 Å². The van der Waals surface area contributed by atoms with Gasteiger partial charge < -0.3 is 8.94 Å². The minimum Gasteiger partial charge on any atom is -0.469 e. The summed E-state index contributed by atoms with van der Waals surface area (Å²) in [4.78, 5) is 20.4. The molecule has 0 aliphatic carbocycles. The first-order valence-corrected chi connectivity index (χ1v) is 5.96. The van der Waals surface area contributed by atoms with E-state index in [-0.39, 0.29) is 12.3 Å². The van der Waals surface area contributed by atoms with Crippen molar-refractivity contribution in [1.29, 1.82) is 0 Å². The van der Waals surface area contributed by atoms with Crippen molar-refractivity contribution in [2.75, 3.05) is 6.61 Å². The summed E-state index contributed by atoms with van der Waals surface area (Å²) in [6.07, 6.45) is 3.20. The molecule has 102 valence electrons. The number of furan rings is 1. The number of aryl methyl sites for hydroxylation is 2. The third kappa shape index (κ3) is 4.55. The Bertz CT molecular complexity index is 507. The van der Waals surface area contributed by atoms with Crippen LogP contribution in [-0.2, 0) is 22.5 Å². The Kier molecular flexibility index (Phi) is 4.68. The van der Waals surface area contributed by atoms with Crippen molar-refractivity contribution in [3.63, 3.8) is 0 Å². The van der Waals surface area contributed by atoms with Gasteiger partial charge in [-0.05, 0) is 18.6 Å². The highest BCUT2D eigenvalue weighted by atomic mass is 16.6. The molecule has 0 radical (unpaired) electrons. The van der Waals surface area contributed by atoms with E-state index < -0.39 is 0 Å². The number of amides is 1. The van der Waals surface area contributed by atoms with Gasteiger partial charge in [-0.1, -0.05) is 5.16 Å². The molecule has 0 bridgehead atoms. The molecule has 2 heterocycles. The van der Waals surface area contributed by atoms with Crippen LogP contribution in [-0.4, -0.2) is 22.7 Å². The Morgan fingerprint density at radius 2 is 2.42 bits per heavy atom. The first-order chi connectivity index (χ1) is 9.24. The summed E-state index contributed by atoms with van der Waals surface area (Å²) < 4.78 is 9.93. The summed E-state index contributed by atoms with van der Waals surface area (Å²) in [7, 11) is 0. The summed E-state index contributed by atoms with van der Waals surface area (Å²) in [6.45, 7) is 2.08. The van der Waals surface area contributed by atoms with Crippen LogP contribution >= 0.6 is 0 Å². The second-order valence-corrected chi connectivity index (χ2v) is 3.96. The smallest absolute Gasteiger partial charge is 0.251 e. The minimum absolute atomic E-state index is 0.0372. The van der Waals surface area contributed by atoms with Crippen molar-refractivity contribution in [2.24, 2.45) is 0 Å². The summed E-state index contributed by atoms with van der Waals surface area (Å²) in [5.41, 5.74) is 2.33. The molecule has 0 aliphatic heterocycles. The van der Waals surface area contributed by atoms with E-state index in [4.69, 9.17) is 13.8 Å². The van der Waals surface area contributed by atoms with Crippen LogP contribution in [0.25, 0.3) is 0 Å². The number of carbonyl (C=O) groups excluding carboxylic acids is 1. The Morgan fingerprint density at radius 3 is 3.11 bits per heavy atom. The molecule has 2 aromatic heterocycles. The van der Waals surface area contributed by atoms with Gasteiger partial charge in [0.25, 0.3) is 5.91 Å². The molecule has 0 unspecified atom stereocenters. The van der Waals surface area contributed by atoms with Crippen molar-refractivity contribution in [3.05, 3.63) is 35.9 Å². The van der Waals surface area contributed by atoms with Crippen LogP contribution in [0.5, 0.6) is 0 Å². The number of nitrogens with one attached hydrogen (secondary N) is 1. The lowest BCUT2D eigenvalue weighted by atomic mass is 10.3. The normalized spacial score (nSPS) is 10.6. The van der Waals surface area contributed by atoms with Gasteiger partial charge in [0.15, 0.2) is 5.82 Å². The zero-order valence-electron chi connectivity index (χ0n) is 10.6. The topological polar surface area (TPSA) is 90.4 Å². The summed E-state index contributed by atoms with van der Waals surface area (Å²) in [5.74, 6) is 1.37. The maximum atomic E-state index is 11.4. The van der Waals surface area contributed by atoms with Crippen LogP contribution in [0.3, 0.4) is 0 Å². The Balaban J connectivity index is 1.56. The number of aromatic nitrogens is 2. The maximum absolute atomic E-state index is 11.4. The molecule has 7 heteroatoms. The van der Waals surface area contributed by atoms with Gasteiger partial charge >= 0.3 is 0 Å². The van der Waals surface area contributed by atoms with Gasteiger partial charge in [0.2, 0.25) is 5.89 Å². The van der Waals surface area contributed by atoms with E-state index in [2.05, 4.69) is 15.6 Å². The number of hydrogen-bond acceptors (Lipinski definition) is 6. The largest absolute Gasteiger partial charge is 0.469 e. The highest BCUT2D eigenvalue weighted by Crippen LogP contribution is 2.03. The Morgan fingerprint density at radius 1 is 1.53 bits per heavy atom. The molecule has 7 nitrogen and oxygen atoms in total. The van der Waals surface area contributed by atoms with Gasteiger partial charge in [-0.25, -0.2) is 5.48 Å². The second-order valence-electron chi connectivity index (χ2n) is 3.96. The lowest BCUT2D eigenvalue weighted by Gasteiger charge is -2.03. The molecule has 0 atom stereocenters. The standard InChI is InChI=1S/C12H15N3O4/c1-9-13-11(14-19-9)8-12(16)15-18-7-3-5-10-4-2-6-17-10/h2,4,6H,3,5,7-8H2,1H3,(H,15,16). The summed E-state index contributed by atoms with van der Waals surface area (Å²) in [5, 5.41) is 3.62. The lowest BCUT2D eigenvalue weighted by molar-refractivity contribution is -0.133. The van der Waals surface area contributed by atoms with Crippen molar-refractivity contribution in [1.82, 2.24) is 15.6 Å². The van der Waals surface area contributed by atoms with Crippen LogP contribution in [0.2, 0.25) is 0 Å². The second kappa shape index (κ2) is 6.69. The lowest BCUT2D eigenvalue weighted by Crippen LogP contribution is -2.26. The molecule has 0 fully saturated rings. The fraction of sp³-hybridized carbons (Fsp3) is 0.417. The molecular weight excluding hydrogens is 250 g/mol. The van der Waals surface area contributed by atoms with Gasteiger partial charge in [0.05, 0.1) is 19.3 Å². The predicted octanol–water partition coefficient (Wildman–Crippen LogP) is 1.19. The quantitative estimate of drug-likeness (QED) is 0.597. The van der Waals surface area contributed by atoms with Gasteiger partial charge in [-0.3, -0.25) is 9.63 Å². The van der Waals surface area contributed by atoms with E-state index >= 15 is 0 Å². The molecule has 2 aromatic rings. The van der Waals surface area contributed by atoms with E-state index in [1.54, 1.807) is 13.2 Å². The zero-order valence-corrected chi connectivity index (χ0v) is 10.6. The van der Waals surface area contributed by atoms with Crippen LogP contribution in [0, 0.1) is 6.92 Å². The number of hydroxylamine groups is 1. The Hall–Kier alpha value is -2.15. The minimum atomic E-state index is -0.307. The van der Waals surface area contributed by atoms with Crippen molar-refractivity contribution in [3.8, 4) is 0 Å². The molecule has 19 heavy (non-hydrogen) atoms. The third-order valence-corrected chi connectivity index (χ3v) is 2.32. The number of nitrogens with zero attached hydrogens (tertiary/aromatic N) is 2. The van der Waals surface area contributed by atoms with Crippen molar-refractivity contribution in [2.45, 2.75) is 26.2 Å². The first kappa shape index (κ1) is 13.3. The fourth-order valence-electron chi connectivity index (χ4n) is 1.50. The first-order valence-electron chi connectivity index (χ1n) is 5.96. The van der Waals surface area contributed by atoms with Gasteiger partial charge in [-0.15, -0.1) is 0 Å². The molecule has 0 spiro atoms. The van der Waals surface area contributed by atoms with E-state index in [1.165, 1.54) is 0 Å². The summed E-state index contributed by atoms with van der Waals surface area (Å²) in [6, 6.07) is 3.74. The average molecular weight is 265 g/mol. The molecule has 0 aliphatic rings. The summed E-state index contributed by atoms with van der Waals surface area (Å²) >= 11 is 0. The van der Waals surface area contributed by atoms with Gasteiger partial charge in [0.1, 0.15) is 5.76 Å². The zero-order chi connectivity index (χ0) is 13.5. The molecule has 0 aromatic carbocycles. The van der Waals surface area contributed by atoms with Crippen molar-refractivity contribution < 1.29 is 18.6 Å². The number of carbonyl (C=O) groups is 1. The van der Waals surface area contributed by atoms with Crippen LogP contribution in [0.15, 0.2) is 27.3 Å². The van der Waals surface area contributed by atoms with E-state index in [9.17, 15) is 4.79 Å². The van der Waals surface area contributed by atoms with Crippen LogP contribution in [0.1, 0.15) is 23.9 Å². The SMILES string of the molecule is Cc1nc(CC(=O)NOCCCc2ccco2)no1. The highest BCUT2D eigenvalue weighted by molar-refractivity contribution is 5.76. The molecular formula is C12H15N3O4. The predicted molar refractivity (Wildman–Crippen MR) is 63.9 cm³/mol. The fourth-order valence-corrected chi connectivity index (χ4v) is 1.50. The number of rotatable bonds is 7. The molecule has 0 saturated carbocycles. The van der Waals surface area contributed by atoms with E-state index in [1.807, 2.05) is 12.1 Å². The van der Waals surface area contributed by atoms with E-state index in [0.29, 0.717) is 18.3 Å². The molecule has 1 amide bonds. The highest BCUT2D eigenvalue weighted by Gasteiger charge is 2.08. The average Bonchev–Trinajstić information content (AvgIpc) is 3.01. The molecule has 2 rings (SSSR count). The maximum Gasteiger partial charge on any atom is 0.251 e. The number of hydrogen-bond donors (Lipinski definition) is 1. The monoisotopic (exact) mass is 265 g/mol. The van der Waals surface area contributed by atoms with Gasteiger partial charge in [0, 0.05) is 13.3 Å². The van der Waals surface area contributed by atoms with E-state index in [0.717, 1.165) is 18.6 Å².